The summed E-state index contributed by atoms with van der Waals surface area (Å²) in [5, 5.41) is 4.35. The number of hydrogen-bond acceptors (Lipinski definition) is 2. The number of nitrogens with zero attached hydrogens (tertiary/aromatic N) is 1. The standard InChI is InChI=1S/C19H13NO/c1-3-8-14(9-4-1)18-16-12-7-13-17(16)19(21-20-18)15-10-5-2-6-11-15/h1-13H. The molecule has 1 aliphatic heterocycles. The lowest BCUT2D eigenvalue weighted by molar-refractivity contribution is 0.418. The number of benzene rings is 2. The Balaban J connectivity index is 1.93. The average Bonchev–Trinajstić information content (AvgIpc) is 3.05. The third kappa shape index (κ3) is 2.01. The molecule has 0 N–H and O–H groups in total. The zero-order valence-corrected chi connectivity index (χ0v) is 11.4. The third-order valence-electron chi connectivity index (χ3n) is 3.63. The van der Waals surface area contributed by atoms with Crippen molar-refractivity contribution in [1.82, 2.24) is 5.16 Å². The number of fused-ring (bicyclic) bond motifs is 1. The van der Waals surface area contributed by atoms with Gasteiger partial charge in [-0.05, 0) is 0 Å². The number of hydrogen-bond donors (Lipinski definition) is 0. The monoisotopic (exact) mass is 271 g/mol. The molecule has 0 fully saturated rings. The first-order chi connectivity index (χ1) is 10.4. The van der Waals surface area contributed by atoms with Crippen molar-refractivity contribution in [1.29, 1.82) is 0 Å². The van der Waals surface area contributed by atoms with E-state index in [1.807, 2.05) is 66.7 Å². The maximum Gasteiger partial charge on any atom is 0.173 e. The van der Waals surface area contributed by atoms with Gasteiger partial charge >= 0.3 is 0 Å². The average molecular weight is 271 g/mol. The summed E-state index contributed by atoms with van der Waals surface area (Å²) in [6.07, 6.45) is 0. The van der Waals surface area contributed by atoms with Crippen molar-refractivity contribution in [2.24, 2.45) is 0 Å². The second-order valence-electron chi connectivity index (χ2n) is 4.95. The second kappa shape index (κ2) is 4.91. The van der Waals surface area contributed by atoms with Crippen LogP contribution in [0.25, 0.3) is 33.7 Å². The van der Waals surface area contributed by atoms with E-state index in [1.54, 1.807) is 0 Å². The summed E-state index contributed by atoms with van der Waals surface area (Å²) in [4.78, 5) is 0. The van der Waals surface area contributed by atoms with E-state index in [1.165, 1.54) is 0 Å². The van der Waals surface area contributed by atoms with Crippen LogP contribution < -0.4 is 0 Å². The lowest BCUT2D eigenvalue weighted by atomic mass is 10.00. The molecular formula is C19H13NO. The summed E-state index contributed by atoms with van der Waals surface area (Å²) in [5.74, 6) is 0.815. The van der Waals surface area contributed by atoms with Crippen molar-refractivity contribution >= 4 is 0 Å². The van der Waals surface area contributed by atoms with Crippen LogP contribution in [0.2, 0.25) is 0 Å². The van der Waals surface area contributed by atoms with Crippen molar-refractivity contribution < 1.29 is 4.52 Å². The van der Waals surface area contributed by atoms with E-state index in [0.29, 0.717) is 0 Å². The highest BCUT2D eigenvalue weighted by atomic mass is 16.5. The van der Waals surface area contributed by atoms with Crippen LogP contribution in [-0.2, 0) is 0 Å². The number of aromatic nitrogens is 1. The Morgan fingerprint density at radius 2 is 1.19 bits per heavy atom. The lowest BCUT2D eigenvalue weighted by Gasteiger charge is -2.10. The normalized spacial score (nSPS) is 10.9. The molecule has 0 spiro atoms. The van der Waals surface area contributed by atoms with Gasteiger partial charge in [-0.3, -0.25) is 0 Å². The Bertz CT molecular complexity index is 763. The summed E-state index contributed by atoms with van der Waals surface area (Å²) < 4.78 is 5.72. The Morgan fingerprint density at radius 1 is 0.571 bits per heavy atom. The predicted molar refractivity (Wildman–Crippen MR) is 84.0 cm³/mol. The molecule has 0 bridgehead atoms. The molecule has 0 radical (unpaired) electrons. The predicted octanol–water partition coefficient (Wildman–Crippen LogP) is 5.11. The van der Waals surface area contributed by atoms with Gasteiger partial charge in [0.25, 0.3) is 0 Å². The quantitative estimate of drug-likeness (QED) is 0.506. The van der Waals surface area contributed by atoms with E-state index in [-0.39, 0.29) is 0 Å². The molecule has 0 aromatic heterocycles. The first-order valence-corrected chi connectivity index (χ1v) is 6.93. The Kier molecular flexibility index (Phi) is 2.79. The van der Waals surface area contributed by atoms with Crippen molar-refractivity contribution in [3.05, 3.63) is 78.9 Å². The molecular weight excluding hydrogens is 258 g/mol. The molecule has 100 valence electrons. The minimum absolute atomic E-state index is 0.815. The fourth-order valence-electron chi connectivity index (χ4n) is 2.62. The SMILES string of the molecule is c1ccc(-c2noc(-c3ccccc3)c3cccc2-3)cc1. The van der Waals surface area contributed by atoms with Crippen molar-refractivity contribution in [2.45, 2.75) is 0 Å². The summed E-state index contributed by atoms with van der Waals surface area (Å²) in [7, 11) is 0. The van der Waals surface area contributed by atoms with Crippen LogP contribution in [0.4, 0.5) is 0 Å². The molecule has 4 rings (SSSR count). The van der Waals surface area contributed by atoms with Crippen LogP contribution >= 0.6 is 0 Å². The van der Waals surface area contributed by atoms with E-state index in [0.717, 1.165) is 33.7 Å². The minimum Gasteiger partial charge on any atom is -0.355 e. The Hall–Kier alpha value is -2.87. The van der Waals surface area contributed by atoms with E-state index < -0.39 is 0 Å². The molecule has 2 aromatic rings. The van der Waals surface area contributed by atoms with E-state index in [2.05, 4.69) is 17.3 Å². The summed E-state index contributed by atoms with van der Waals surface area (Å²) in [5.41, 5.74) is 5.20. The fraction of sp³-hybridized carbons (Fsp3) is 0. The molecule has 1 heterocycles. The van der Waals surface area contributed by atoms with Gasteiger partial charge in [-0.15, -0.1) is 0 Å². The van der Waals surface area contributed by atoms with Gasteiger partial charge < -0.3 is 4.52 Å². The lowest BCUT2D eigenvalue weighted by Crippen LogP contribution is -1.91. The van der Waals surface area contributed by atoms with Crippen molar-refractivity contribution in [2.75, 3.05) is 0 Å². The van der Waals surface area contributed by atoms with E-state index >= 15 is 0 Å². The van der Waals surface area contributed by atoms with Gasteiger partial charge in [0, 0.05) is 22.3 Å². The molecule has 0 saturated carbocycles. The van der Waals surface area contributed by atoms with Gasteiger partial charge in [0.2, 0.25) is 0 Å². The first-order valence-electron chi connectivity index (χ1n) is 6.93. The van der Waals surface area contributed by atoms with Crippen molar-refractivity contribution in [3.8, 4) is 33.7 Å². The Morgan fingerprint density at radius 3 is 1.90 bits per heavy atom. The van der Waals surface area contributed by atoms with E-state index in [4.69, 9.17) is 4.52 Å². The second-order valence-corrected chi connectivity index (χ2v) is 4.95. The Labute approximate surface area is 123 Å². The van der Waals surface area contributed by atoms with E-state index in [9.17, 15) is 0 Å². The van der Waals surface area contributed by atoms with Gasteiger partial charge in [0.15, 0.2) is 5.76 Å². The summed E-state index contributed by atoms with van der Waals surface area (Å²) in [6.45, 7) is 0. The van der Waals surface area contributed by atoms with Crippen molar-refractivity contribution in [3.63, 3.8) is 0 Å². The molecule has 2 aromatic carbocycles. The molecule has 2 aliphatic rings. The minimum atomic E-state index is 0.815. The molecule has 2 nitrogen and oxygen atoms in total. The summed E-state index contributed by atoms with van der Waals surface area (Å²) in [6, 6.07) is 26.4. The van der Waals surface area contributed by atoms with Crippen LogP contribution in [0.15, 0.2) is 83.4 Å². The zero-order valence-electron chi connectivity index (χ0n) is 11.4. The molecule has 0 unspecified atom stereocenters. The molecule has 21 heavy (non-hydrogen) atoms. The molecule has 1 aliphatic carbocycles. The topological polar surface area (TPSA) is 26.0 Å². The van der Waals surface area contributed by atoms with Crippen LogP contribution in [0.5, 0.6) is 0 Å². The van der Waals surface area contributed by atoms with Crippen LogP contribution in [0.1, 0.15) is 0 Å². The molecule has 0 atom stereocenters. The van der Waals surface area contributed by atoms with Gasteiger partial charge in [-0.2, -0.15) is 0 Å². The highest BCUT2D eigenvalue weighted by Gasteiger charge is 2.18. The van der Waals surface area contributed by atoms with Crippen LogP contribution in [0.3, 0.4) is 0 Å². The maximum absolute atomic E-state index is 5.72. The van der Waals surface area contributed by atoms with Gasteiger partial charge in [-0.1, -0.05) is 84.0 Å². The van der Waals surface area contributed by atoms with Gasteiger partial charge in [0.1, 0.15) is 5.69 Å². The first kappa shape index (κ1) is 11.9. The smallest absolute Gasteiger partial charge is 0.173 e. The third-order valence-corrected chi connectivity index (χ3v) is 3.63. The highest BCUT2D eigenvalue weighted by molar-refractivity contribution is 5.89. The molecule has 2 heteroatoms. The van der Waals surface area contributed by atoms with Gasteiger partial charge in [-0.25, -0.2) is 0 Å². The zero-order chi connectivity index (χ0) is 14.1. The van der Waals surface area contributed by atoms with Crippen LogP contribution in [0, 0.1) is 0 Å². The number of rotatable bonds is 2. The fourth-order valence-corrected chi connectivity index (χ4v) is 2.62. The highest BCUT2D eigenvalue weighted by Crippen LogP contribution is 2.39. The molecule has 0 amide bonds. The van der Waals surface area contributed by atoms with Crippen LogP contribution in [-0.4, -0.2) is 5.16 Å². The largest absolute Gasteiger partial charge is 0.355 e. The summed E-state index contributed by atoms with van der Waals surface area (Å²) >= 11 is 0. The van der Waals surface area contributed by atoms with Gasteiger partial charge in [0.05, 0.1) is 0 Å². The maximum atomic E-state index is 5.72. The molecule has 0 saturated heterocycles.